The lowest BCUT2D eigenvalue weighted by atomic mass is 9.94. The third-order valence-electron chi connectivity index (χ3n) is 6.50. The molecule has 1 amide bonds. The summed E-state index contributed by atoms with van der Waals surface area (Å²) in [4.78, 5) is 26.7. The zero-order valence-electron chi connectivity index (χ0n) is 19.5. The fourth-order valence-corrected chi connectivity index (χ4v) is 4.78. The normalized spacial score (nSPS) is 18.2. The maximum atomic E-state index is 12.8. The van der Waals surface area contributed by atoms with E-state index in [1.165, 1.54) is 12.8 Å². The highest BCUT2D eigenvalue weighted by Gasteiger charge is 2.28. The van der Waals surface area contributed by atoms with Crippen LogP contribution in [0.4, 0.5) is 5.82 Å². The van der Waals surface area contributed by atoms with Crippen molar-refractivity contribution in [1.29, 1.82) is 0 Å². The SMILES string of the molecule is COc1cccc(CCN2C(=O)CCc3c(C)nc(CN(C)C[C@H]4CC=CCC4)nc32)c1. The summed E-state index contributed by atoms with van der Waals surface area (Å²) in [6.07, 6.45) is 10.2. The van der Waals surface area contributed by atoms with Crippen molar-refractivity contribution in [2.45, 2.75) is 52.0 Å². The van der Waals surface area contributed by atoms with Gasteiger partial charge in [-0.3, -0.25) is 14.6 Å². The maximum Gasteiger partial charge on any atom is 0.228 e. The molecule has 1 aromatic carbocycles. The Kier molecular flexibility index (Phi) is 7.20. The molecular formula is C26H34N4O2. The van der Waals surface area contributed by atoms with Gasteiger partial charge in [-0.15, -0.1) is 0 Å². The van der Waals surface area contributed by atoms with Crippen molar-refractivity contribution < 1.29 is 9.53 Å². The van der Waals surface area contributed by atoms with Crippen molar-refractivity contribution in [3.8, 4) is 5.75 Å². The Morgan fingerprint density at radius 2 is 2.09 bits per heavy atom. The number of nitrogens with zero attached hydrogens (tertiary/aromatic N) is 4. The van der Waals surface area contributed by atoms with Gasteiger partial charge in [0.05, 0.1) is 13.7 Å². The summed E-state index contributed by atoms with van der Waals surface area (Å²) >= 11 is 0. The molecule has 1 aliphatic heterocycles. The van der Waals surface area contributed by atoms with Gasteiger partial charge in [0.1, 0.15) is 17.4 Å². The smallest absolute Gasteiger partial charge is 0.228 e. The van der Waals surface area contributed by atoms with E-state index in [4.69, 9.17) is 14.7 Å². The van der Waals surface area contributed by atoms with E-state index in [0.29, 0.717) is 25.4 Å². The Morgan fingerprint density at radius 3 is 2.88 bits per heavy atom. The third-order valence-corrected chi connectivity index (χ3v) is 6.50. The number of hydrogen-bond donors (Lipinski definition) is 0. The van der Waals surface area contributed by atoms with Gasteiger partial charge in [0.15, 0.2) is 0 Å². The summed E-state index contributed by atoms with van der Waals surface area (Å²) in [5.41, 5.74) is 3.26. The average Bonchev–Trinajstić information content (AvgIpc) is 2.79. The van der Waals surface area contributed by atoms with Crippen molar-refractivity contribution in [2.75, 3.05) is 32.1 Å². The van der Waals surface area contributed by atoms with Gasteiger partial charge in [0.2, 0.25) is 5.91 Å². The summed E-state index contributed by atoms with van der Waals surface area (Å²) in [6, 6.07) is 8.03. The van der Waals surface area contributed by atoms with Crippen LogP contribution in [0.15, 0.2) is 36.4 Å². The number of aromatic nitrogens is 2. The van der Waals surface area contributed by atoms with E-state index in [9.17, 15) is 4.79 Å². The van der Waals surface area contributed by atoms with Crippen LogP contribution in [0.25, 0.3) is 0 Å². The molecular weight excluding hydrogens is 400 g/mol. The molecule has 6 heteroatoms. The first kappa shape index (κ1) is 22.5. The number of ether oxygens (including phenoxy) is 1. The fourth-order valence-electron chi connectivity index (χ4n) is 4.78. The van der Waals surface area contributed by atoms with Crippen LogP contribution in [0.1, 0.15) is 48.3 Å². The summed E-state index contributed by atoms with van der Waals surface area (Å²) < 4.78 is 5.34. The Balaban J connectivity index is 1.49. The van der Waals surface area contributed by atoms with Crippen LogP contribution in [0.2, 0.25) is 0 Å². The Labute approximate surface area is 191 Å². The lowest BCUT2D eigenvalue weighted by Crippen LogP contribution is -2.38. The largest absolute Gasteiger partial charge is 0.497 e. The van der Waals surface area contributed by atoms with E-state index in [-0.39, 0.29) is 5.91 Å². The molecule has 4 rings (SSSR count). The Bertz CT molecular complexity index is 988. The van der Waals surface area contributed by atoms with Crippen LogP contribution in [-0.2, 0) is 24.2 Å². The molecule has 2 heterocycles. The summed E-state index contributed by atoms with van der Waals surface area (Å²) in [5.74, 6) is 3.29. The molecule has 32 heavy (non-hydrogen) atoms. The molecule has 0 fully saturated rings. The molecule has 6 nitrogen and oxygen atoms in total. The van der Waals surface area contributed by atoms with Gasteiger partial charge in [0, 0.05) is 30.8 Å². The minimum Gasteiger partial charge on any atom is -0.497 e. The molecule has 0 unspecified atom stereocenters. The molecule has 170 valence electrons. The molecule has 0 spiro atoms. The molecule has 2 aromatic rings. The number of methoxy groups -OCH3 is 1. The van der Waals surface area contributed by atoms with Crippen molar-refractivity contribution in [2.24, 2.45) is 5.92 Å². The maximum absolute atomic E-state index is 12.8. The highest BCUT2D eigenvalue weighted by molar-refractivity contribution is 5.95. The van der Waals surface area contributed by atoms with Crippen LogP contribution >= 0.6 is 0 Å². The number of carbonyl (C=O) groups excluding carboxylic acids is 1. The van der Waals surface area contributed by atoms with Gasteiger partial charge in [-0.25, -0.2) is 9.97 Å². The third kappa shape index (κ3) is 5.36. The van der Waals surface area contributed by atoms with E-state index in [2.05, 4.69) is 30.2 Å². The van der Waals surface area contributed by atoms with Gasteiger partial charge < -0.3 is 4.74 Å². The van der Waals surface area contributed by atoms with Crippen LogP contribution in [-0.4, -0.2) is 48.0 Å². The van der Waals surface area contributed by atoms with E-state index in [0.717, 1.165) is 60.0 Å². The van der Waals surface area contributed by atoms with E-state index >= 15 is 0 Å². The lowest BCUT2D eigenvalue weighted by Gasteiger charge is -2.30. The second-order valence-electron chi connectivity index (χ2n) is 9.02. The predicted octanol–water partition coefficient (Wildman–Crippen LogP) is 4.10. The zero-order chi connectivity index (χ0) is 22.5. The topological polar surface area (TPSA) is 58.6 Å². The molecule has 0 saturated heterocycles. The minimum absolute atomic E-state index is 0.145. The van der Waals surface area contributed by atoms with Gasteiger partial charge in [-0.2, -0.15) is 0 Å². The van der Waals surface area contributed by atoms with Crippen molar-refractivity contribution in [3.63, 3.8) is 0 Å². The summed E-state index contributed by atoms with van der Waals surface area (Å²) in [7, 11) is 3.81. The molecule has 1 atom stereocenters. The monoisotopic (exact) mass is 434 g/mol. The van der Waals surface area contributed by atoms with Crippen LogP contribution in [0.3, 0.4) is 0 Å². The second-order valence-corrected chi connectivity index (χ2v) is 9.02. The molecule has 0 saturated carbocycles. The van der Waals surface area contributed by atoms with E-state index < -0.39 is 0 Å². The number of hydrogen-bond acceptors (Lipinski definition) is 5. The van der Waals surface area contributed by atoms with E-state index in [1.54, 1.807) is 7.11 Å². The molecule has 0 radical (unpaired) electrons. The van der Waals surface area contributed by atoms with Gasteiger partial charge in [-0.1, -0.05) is 24.3 Å². The van der Waals surface area contributed by atoms with Gasteiger partial charge in [-0.05, 0) is 69.7 Å². The van der Waals surface area contributed by atoms with Crippen molar-refractivity contribution >= 4 is 11.7 Å². The zero-order valence-corrected chi connectivity index (χ0v) is 19.5. The van der Waals surface area contributed by atoms with Crippen LogP contribution < -0.4 is 9.64 Å². The number of carbonyl (C=O) groups is 1. The standard InChI is InChI=1S/C26H34N4O2/c1-19-23-12-13-25(31)30(15-14-20-10-7-11-22(16-20)32-3)26(23)28-24(27-19)18-29(2)17-21-8-5-4-6-9-21/h4-5,7,10-11,16,21H,6,8-9,12-15,17-18H2,1-3H3/t21-/m0/s1. The van der Waals surface area contributed by atoms with Crippen LogP contribution in [0, 0.1) is 12.8 Å². The van der Waals surface area contributed by atoms with Gasteiger partial charge >= 0.3 is 0 Å². The lowest BCUT2D eigenvalue weighted by molar-refractivity contribution is -0.118. The predicted molar refractivity (Wildman–Crippen MR) is 127 cm³/mol. The summed E-state index contributed by atoms with van der Waals surface area (Å²) in [6.45, 7) is 4.40. The first-order chi connectivity index (χ1) is 15.5. The Hall–Kier alpha value is -2.73. The number of aryl methyl sites for hydroxylation is 1. The van der Waals surface area contributed by atoms with Crippen molar-refractivity contribution in [3.05, 3.63) is 59.1 Å². The molecule has 2 aliphatic rings. The quantitative estimate of drug-likeness (QED) is 0.586. The van der Waals surface area contributed by atoms with Gasteiger partial charge in [0.25, 0.3) is 0 Å². The highest BCUT2D eigenvalue weighted by Crippen LogP contribution is 2.29. The molecule has 0 N–H and O–H groups in total. The number of allylic oxidation sites excluding steroid dienone is 2. The number of anilines is 1. The van der Waals surface area contributed by atoms with Crippen LogP contribution in [0.5, 0.6) is 5.75 Å². The number of amides is 1. The number of fused-ring (bicyclic) bond motifs is 1. The molecule has 0 bridgehead atoms. The summed E-state index contributed by atoms with van der Waals surface area (Å²) in [5, 5.41) is 0. The first-order valence-corrected chi connectivity index (χ1v) is 11.7. The number of benzene rings is 1. The number of rotatable bonds is 8. The molecule has 1 aromatic heterocycles. The minimum atomic E-state index is 0.145. The average molecular weight is 435 g/mol. The molecule has 1 aliphatic carbocycles. The van der Waals surface area contributed by atoms with E-state index in [1.807, 2.05) is 30.0 Å². The van der Waals surface area contributed by atoms with Crippen molar-refractivity contribution in [1.82, 2.24) is 14.9 Å². The fraction of sp³-hybridized carbons (Fsp3) is 0.500. The Morgan fingerprint density at radius 1 is 1.22 bits per heavy atom. The highest BCUT2D eigenvalue weighted by atomic mass is 16.5. The first-order valence-electron chi connectivity index (χ1n) is 11.7. The second kappa shape index (κ2) is 10.3.